The summed E-state index contributed by atoms with van der Waals surface area (Å²) in [5, 5.41) is 5.15. The fraction of sp³-hybridized carbons (Fsp3) is 0.387. The van der Waals surface area contributed by atoms with E-state index < -0.39 is 29.7 Å². The van der Waals surface area contributed by atoms with E-state index in [-0.39, 0.29) is 5.91 Å². The molecule has 0 saturated carbocycles. The quantitative estimate of drug-likeness (QED) is 0.496. The van der Waals surface area contributed by atoms with E-state index in [1.54, 1.807) is 32.6 Å². The van der Waals surface area contributed by atoms with Gasteiger partial charge in [0.05, 0.1) is 6.54 Å². The molecule has 0 radical (unpaired) electrons. The Balaban J connectivity index is 1.61. The van der Waals surface area contributed by atoms with Crippen LogP contribution < -0.4 is 10.2 Å². The predicted molar refractivity (Wildman–Crippen MR) is 150 cm³/mol. The lowest BCUT2D eigenvalue weighted by molar-refractivity contribution is -0.130. The van der Waals surface area contributed by atoms with Crippen LogP contribution in [0.15, 0.2) is 60.7 Å². The minimum absolute atomic E-state index is 0.164. The standard InChI is InChI=1S/C31H37N3O4/c1-20-15-16-22-11-7-9-13-24(22)25(20)19-34-27-14-10-8-12-23(27)17-18-26(29(34)36)32-28(35)21(2)33(6)30(37)38-31(3,4)5/h7-16,21,26H,17-19H2,1-6H3,(H,32,35)/t21-,26-/m0/s1. The molecule has 1 aliphatic rings. The molecule has 0 bridgehead atoms. The Morgan fingerprint density at radius 1 is 1.08 bits per heavy atom. The number of carbonyl (C=O) groups is 3. The smallest absolute Gasteiger partial charge is 0.410 e. The van der Waals surface area contributed by atoms with Crippen LogP contribution in [0.1, 0.15) is 50.8 Å². The first-order chi connectivity index (χ1) is 18.0. The number of benzene rings is 3. The normalized spacial score (nSPS) is 16.4. The highest BCUT2D eigenvalue weighted by Gasteiger charge is 2.34. The molecule has 0 fully saturated rings. The van der Waals surface area contributed by atoms with Crippen LogP contribution in [0.5, 0.6) is 0 Å². The molecule has 3 aromatic carbocycles. The molecule has 4 rings (SSSR count). The number of anilines is 1. The van der Waals surface area contributed by atoms with Gasteiger partial charge in [-0.15, -0.1) is 0 Å². The van der Waals surface area contributed by atoms with Gasteiger partial charge < -0.3 is 15.0 Å². The van der Waals surface area contributed by atoms with E-state index >= 15 is 0 Å². The van der Waals surface area contributed by atoms with Crippen LogP contribution in [0, 0.1) is 6.92 Å². The van der Waals surface area contributed by atoms with Crippen molar-refractivity contribution in [2.75, 3.05) is 11.9 Å². The molecule has 38 heavy (non-hydrogen) atoms. The summed E-state index contributed by atoms with van der Waals surface area (Å²) in [4.78, 5) is 42.8. The molecule has 0 aliphatic carbocycles. The fourth-order valence-electron chi connectivity index (χ4n) is 4.79. The fourth-order valence-corrected chi connectivity index (χ4v) is 4.79. The van der Waals surface area contributed by atoms with E-state index in [9.17, 15) is 14.4 Å². The summed E-state index contributed by atoms with van der Waals surface area (Å²) in [5.74, 6) is -0.563. The third-order valence-corrected chi connectivity index (χ3v) is 7.10. The van der Waals surface area contributed by atoms with Gasteiger partial charge in [0.2, 0.25) is 11.8 Å². The molecule has 1 heterocycles. The Hall–Kier alpha value is -3.87. The van der Waals surface area contributed by atoms with E-state index in [4.69, 9.17) is 4.74 Å². The molecule has 1 aliphatic heterocycles. The van der Waals surface area contributed by atoms with Gasteiger partial charge in [0, 0.05) is 12.7 Å². The number of amides is 3. The number of nitrogens with one attached hydrogen (secondary N) is 1. The third-order valence-electron chi connectivity index (χ3n) is 7.10. The number of likely N-dealkylation sites (N-methyl/N-ethyl adjacent to an activating group) is 1. The van der Waals surface area contributed by atoms with Crippen molar-refractivity contribution in [2.24, 2.45) is 0 Å². The summed E-state index contributed by atoms with van der Waals surface area (Å²) in [6.45, 7) is 9.41. The van der Waals surface area contributed by atoms with Crippen LogP contribution >= 0.6 is 0 Å². The average Bonchev–Trinajstić information content (AvgIpc) is 3.00. The number of nitrogens with zero attached hydrogens (tertiary/aromatic N) is 2. The Bertz CT molecular complexity index is 1360. The van der Waals surface area contributed by atoms with Gasteiger partial charge in [-0.2, -0.15) is 0 Å². The van der Waals surface area contributed by atoms with E-state index in [0.29, 0.717) is 19.4 Å². The summed E-state index contributed by atoms with van der Waals surface area (Å²) in [6.07, 6.45) is 0.525. The van der Waals surface area contributed by atoms with Crippen LogP contribution in [0.2, 0.25) is 0 Å². The highest BCUT2D eigenvalue weighted by Crippen LogP contribution is 2.31. The third kappa shape index (κ3) is 5.82. The van der Waals surface area contributed by atoms with Crippen LogP contribution in [0.4, 0.5) is 10.5 Å². The zero-order valence-electron chi connectivity index (χ0n) is 23.1. The number of carbonyl (C=O) groups excluding carboxylic acids is 3. The van der Waals surface area contributed by atoms with Crippen LogP contribution in [-0.4, -0.2) is 47.5 Å². The van der Waals surface area contributed by atoms with E-state index in [1.165, 1.54) is 11.9 Å². The first-order valence-corrected chi connectivity index (χ1v) is 13.1. The molecule has 1 N–H and O–H groups in total. The Morgan fingerprint density at radius 3 is 2.50 bits per heavy atom. The predicted octanol–water partition coefficient (Wildman–Crippen LogP) is 5.37. The van der Waals surface area contributed by atoms with E-state index in [1.807, 2.05) is 36.4 Å². The molecule has 0 spiro atoms. The van der Waals surface area contributed by atoms with Gasteiger partial charge in [0.25, 0.3) is 0 Å². The van der Waals surface area contributed by atoms with Gasteiger partial charge in [-0.25, -0.2) is 4.79 Å². The molecule has 0 aromatic heterocycles. The topological polar surface area (TPSA) is 79.0 Å². The van der Waals surface area contributed by atoms with Gasteiger partial charge >= 0.3 is 6.09 Å². The van der Waals surface area contributed by atoms with Crippen molar-refractivity contribution in [1.29, 1.82) is 0 Å². The maximum Gasteiger partial charge on any atom is 0.410 e. The molecular formula is C31H37N3O4. The number of rotatable bonds is 5. The lowest BCUT2D eigenvalue weighted by Gasteiger charge is -2.30. The van der Waals surface area contributed by atoms with Crippen molar-refractivity contribution in [3.05, 3.63) is 77.4 Å². The highest BCUT2D eigenvalue weighted by atomic mass is 16.6. The second-order valence-corrected chi connectivity index (χ2v) is 11.0. The SMILES string of the molecule is Cc1ccc2ccccc2c1CN1C(=O)[C@@H](NC(=O)[C@H](C)N(C)C(=O)OC(C)(C)C)CCc2ccccc21. The molecule has 2 atom stereocenters. The lowest BCUT2D eigenvalue weighted by Crippen LogP contribution is -2.54. The first kappa shape index (κ1) is 27.2. The van der Waals surface area contributed by atoms with Crippen LogP contribution in [0.25, 0.3) is 10.8 Å². The first-order valence-electron chi connectivity index (χ1n) is 13.1. The minimum atomic E-state index is -0.808. The van der Waals surface area contributed by atoms with Crippen molar-refractivity contribution < 1.29 is 19.1 Å². The second-order valence-electron chi connectivity index (χ2n) is 11.0. The lowest BCUT2D eigenvalue weighted by atomic mass is 9.99. The second kappa shape index (κ2) is 10.9. The van der Waals surface area contributed by atoms with Crippen LogP contribution in [-0.2, 0) is 27.3 Å². The summed E-state index contributed by atoms with van der Waals surface area (Å²) in [5.41, 5.74) is 3.43. The van der Waals surface area contributed by atoms with E-state index in [0.717, 1.165) is 33.2 Å². The van der Waals surface area contributed by atoms with E-state index in [2.05, 4.69) is 36.5 Å². The molecular weight excluding hydrogens is 478 g/mol. The number of aryl methyl sites for hydroxylation is 2. The zero-order chi connectivity index (χ0) is 27.6. The molecule has 7 heteroatoms. The summed E-state index contributed by atoms with van der Waals surface area (Å²) < 4.78 is 5.41. The summed E-state index contributed by atoms with van der Waals surface area (Å²) >= 11 is 0. The van der Waals surface area contributed by atoms with Gasteiger partial charge in [0.1, 0.15) is 17.7 Å². The number of para-hydroxylation sites is 1. The zero-order valence-corrected chi connectivity index (χ0v) is 23.1. The summed E-state index contributed by atoms with van der Waals surface area (Å²) in [7, 11) is 1.53. The highest BCUT2D eigenvalue weighted by molar-refractivity contribution is 6.01. The molecule has 0 saturated heterocycles. The van der Waals surface area contributed by atoms with Crippen molar-refractivity contribution in [3.8, 4) is 0 Å². The Morgan fingerprint density at radius 2 is 1.76 bits per heavy atom. The maximum absolute atomic E-state index is 14.0. The van der Waals surface area contributed by atoms with Crippen molar-refractivity contribution >= 4 is 34.4 Å². The molecule has 0 unspecified atom stereocenters. The number of hydrogen-bond acceptors (Lipinski definition) is 4. The number of hydrogen-bond donors (Lipinski definition) is 1. The molecule has 3 amide bonds. The van der Waals surface area contributed by atoms with Crippen LogP contribution in [0.3, 0.4) is 0 Å². The number of fused-ring (bicyclic) bond motifs is 2. The van der Waals surface area contributed by atoms with Gasteiger partial charge in [-0.05, 0) is 81.0 Å². The van der Waals surface area contributed by atoms with Crippen molar-refractivity contribution in [1.82, 2.24) is 10.2 Å². The van der Waals surface area contributed by atoms with Gasteiger partial charge in [0.15, 0.2) is 0 Å². The summed E-state index contributed by atoms with van der Waals surface area (Å²) in [6, 6.07) is 18.7. The van der Waals surface area contributed by atoms with Gasteiger partial charge in [-0.3, -0.25) is 14.5 Å². The Kier molecular flexibility index (Phi) is 7.76. The minimum Gasteiger partial charge on any atom is -0.444 e. The van der Waals surface area contributed by atoms with Gasteiger partial charge in [-0.1, -0.05) is 54.6 Å². The number of ether oxygens (including phenoxy) is 1. The molecule has 200 valence electrons. The molecule has 7 nitrogen and oxygen atoms in total. The largest absolute Gasteiger partial charge is 0.444 e. The van der Waals surface area contributed by atoms with Crippen molar-refractivity contribution in [2.45, 2.75) is 71.7 Å². The Labute approximate surface area is 224 Å². The van der Waals surface area contributed by atoms with Crippen molar-refractivity contribution in [3.63, 3.8) is 0 Å². The average molecular weight is 516 g/mol. The monoisotopic (exact) mass is 515 g/mol. The molecule has 3 aromatic rings. The maximum atomic E-state index is 14.0.